The van der Waals surface area contributed by atoms with E-state index in [0.717, 1.165) is 12.8 Å². The summed E-state index contributed by atoms with van der Waals surface area (Å²) in [6, 6.07) is 1.02. The van der Waals surface area contributed by atoms with Crippen molar-refractivity contribution in [2.75, 3.05) is 0 Å². The lowest BCUT2D eigenvalue weighted by molar-refractivity contribution is -0.140. The monoisotopic (exact) mass is 292 g/mol. The molecule has 0 aliphatic heterocycles. The summed E-state index contributed by atoms with van der Waals surface area (Å²) in [5, 5.41) is 0. The fraction of sp³-hybridized carbons (Fsp3) is 0.944. The van der Waals surface area contributed by atoms with Gasteiger partial charge in [-0.2, -0.15) is 0 Å². The van der Waals surface area contributed by atoms with E-state index in [2.05, 4.69) is 4.90 Å². The van der Waals surface area contributed by atoms with Gasteiger partial charge in [-0.15, -0.1) is 0 Å². The van der Waals surface area contributed by atoms with E-state index >= 15 is 0 Å². The zero-order chi connectivity index (χ0) is 14.7. The molecule has 0 unspecified atom stereocenters. The number of carbonyl (C=O) groups excluding carboxylic acids is 1. The molecule has 1 amide bonds. The average Bonchev–Trinajstić information content (AvgIpc) is 2.48. The lowest BCUT2D eigenvalue weighted by atomic mass is 9.74. The Labute approximate surface area is 129 Å². The predicted octanol–water partition coefficient (Wildman–Crippen LogP) is 3.75. The van der Waals surface area contributed by atoms with Crippen LogP contribution in [0.25, 0.3) is 0 Å². The van der Waals surface area contributed by atoms with E-state index in [9.17, 15) is 4.79 Å². The van der Waals surface area contributed by atoms with E-state index in [1.54, 1.807) is 0 Å². The van der Waals surface area contributed by atoms with Crippen molar-refractivity contribution < 1.29 is 4.79 Å². The van der Waals surface area contributed by atoms with Gasteiger partial charge in [-0.05, 0) is 44.9 Å². The van der Waals surface area contributed by atoms with E-state index in [0.29, 0.717) is 24.4 Å². The fourth-order valence-electron chi connectivity index (χ4n) is 4.62. The third kappa shape index (κ3) is 3.61. The minimum Gasteiger partial charge on any atom is -0.337 e. The molecule has 3 aliphatic rings. The van der Waals surface area contributed by atoms with Gasteiger partial charge in [0.05, 0.1) is 0 Å². The van der Waals surface area contributed by atoms with Gasteiger partial charge in [0.25, 0.3) is 0 Å². The van der Waals surface area contributed by atoms with Gasteiger partial charge in [0, 0.05) is 24.0 Å². The largest absolute Gasteiger partial charge is 0.337 e. The summed E-state index contributed by atoms with van der Waals surface area (Å²) in [7, 11) is 0. The van der Waals surface area contributed by atoms with E-state index in [1.165, 1.54) is 70.6 Å². The number of carbonyl (C=O) groups is 1. The van der Waals surface area contributed by atoms with Crippen molar-refractivity contribution in [3.63, 3.8) is 0 Å². The van der Waals surface area contributed by atoms with Crippen LogP contribution >= 0.6 is 0 Å². The zero-order valence-electron chi connectivity index (χ0n) is 13.5. The van der Waals surface area contributed by atoms with Crippen LogP contribution in [0.4, 0.5) is 0 Å². The molecule has 0 aromatic rings. The van der Waals surface area contributed by atoms with Crippen LogP contribution in [0.3, 0.4) is 0 Å². The molecule has 2 N–H and O–H groups in total. The van der Waals surface area contributed by atoms with Crippen molar-refractivity contribution >= 4 is 5.91 Å². The Kier molecular flexibility index (Phi) is 4.88. The van der Waals surface area contributed by atoms with Gasteiger partial charge in [0.2, 0.25) is 5.91 Å². The predicted molar refractivity (Wildman–Crippen MR) is 86.0 cm³/mol. The molecule has 21 heavy (non-hydrogen) atoms. The summed E-state index contributed by atoms with van der Waals surface area (Å²) >= 11 is 0. The second kappa shape index (κ2) is 6.68. The molecule has 120 valence electrons. The highest BCUT2D eigenvalue weighted by Gasteiger charge is 2.39. The SMILES string of the molecule is NC1(CC(=O)N(C2CCCCC2)C2CCCCC2)CCC1. The van der Waals surface area contributed by atoms with Crippen LogP contribution in [0.15, 0.2) is 0 Å². The summed E-state index contributed by atoms with van der Waals surface area (Å²) in [4.78, 5) is 15.3. The Morgan fingerprint density at radius 2 is 1.33 bits per heavy atom. The second-order valence-corrected chi connectivity index (χ2v) is 7.78. The van der Waals surface area contributed by atoms with Gasteiger partial charge in [0.15, 0.2) is 0 Å². The maximum Gasteiger partial charge on any atom is 0.224 e. The summed E-state index contributed by atoms with van der Waals surface area (Å²) in [5.74, 6) is 0.371. The highest BCUT2D eigenvalue weighted by atomic mass is 16.2. The summed E-state index contributed by atoms with van der Waals surface area (Å²) < 4.78 is 0. The molecular formula is C18H32N2O. The molecule has 3 fully saturated rings. The maximum absolute atomic E-state index is 13.0. The van der Waals surface area contributed by atoms with Crippen LogP contribution in [-0.2, 0) is 4.79 Å². The lowest BCUT2D eigenvalue weighted by Gasteiger charge is -2.45. The molecule has 3 heteroatoms. The Hall–Kier alpha value is -0.570. The quantitative estimate of drug-likeness (QED) is 0.857. The molecule has 0 aromatic carbocycles. The molecular weight excluding hydrogens is 260 g/mol. The lowest BCUT2D eigenvalue weighted by Crippen LogP contribution is -2.55. The van der Waals surface area contributed by atoms with Gasteiger partial charge in [-0.1, -0.05) is 38.5 Å². The average molecular weight is 292 g/mol. The van der Waals surface area contributed by atoms with Crippen molar-refractivity contribution in [3.8, 4) is 0 Å². The van der Waals surface area contributed by atoms with Gasteiger partial charge in [-0.3, -0.25) is 4.79 Å². The first-order chi connectivity index (χ1) is 10.2. The zero-order valence-corrected chi connectivity index (χ0v) is 13.5. The van der Waals surface area contributed by atoms with Crippen LogP contribution in [-0.4, -0.2) is 28.4 Å². The summed E-state index contributed by atoms with van der Waals surface area (Å²) in [5.41, 5.74) is 6.19. The molecule has 0 radical (unpaired) electrons. The second-order valence-electron chi connectivity index (χ2n) is 7.78. The van der Waals surface area contributed by atoms with Gasteiger partial charge < -0.3 is 10.6 Å². The smallest absolute Gasteiger partial charge is 0.224 e. The van der Waals surface area contributed by atoms with Gasteiger partial charge in [0.1, 0.15) is 0 Å². The first kappa shape index (κ1) is 15.3. The summed E-state index contributed by atoms with van der Waals surface area (Å²) in [6.45, 7) is 0. The maximum atomic E-state index is 13.0. The highest BCUT2D eigenvalue weighted by molar-refractivity contribution is 5.78. The fourth-order valence-corrected chi connectivity index (χ4v) is 4.62. The highest BCUT2D eigenvalue weighted by Crippen LogP contribution is 2.36. The first-order valence-corrected chi connectivity index (χ1v) is 9.28. The van der Waals surface area contributed by atoms with E-state index < -0.39 is 0 Å². The number of hydrogen-bond acceptors (Lipinski definition) is 2. The molecule has 0 spiro atoms. The minimum atomic E-state index is -0.168. The van der Waals surface area contributed by atoms with E-state index in [1.807, 2.05) is 0 Å². The molecule has 3 aliphatic carbocycles. The van der Waals surface area contributed by atoms with Crippen molar-refractivity contribution in [2.45, 2.75) is 108 Å². The van der Waals surface area contributed by atoms with Gasteiger partial charge >= 0.3 is 0 Å². The third-order valence-corrected chi connectivity index (χ3v) is 6.08. The first-order valence-electron chi connectivity index (χ1n) is 9.28. The van der Waals surface area contributed by atoms with Crippen molar-refractivity contribution in [1.29, 1.82) is 0 Å². The van der Waals surface area contributed by atoms with Crippen LogP contribution < -0.4 is 5.73 Å². The Morgan fingerprint density at radius 3 is 1.71 bits per heavy atom. The standard InChI is InChI=1S/C18H32N2O/c19-18(12-7-13-18)14-17(21)20(15-8-3-1-4-9-15)16-10-5-2-6-11-16/h15-16H,1-14,19H2. The topological polar surface area (TPSA) is 46.3 Å². The number of nitrogens with zero attached hydrogens (tertiary/aromatic N) is 1. The Bertz CT molecular complexity index is 334. The van der Waals surface area contributed by atoms with Crippen LogP contribution in [0, 0.1) is 0 Å². The normalized spacial score (nSPS) is 27.1. The molecule has 3 saturated carbocycles. The van der Waals surface area contributed by atoms with Crippen molar-refractivity contribution in [2.24, 2.45) is 5.73 Å². The number of hydrogen-bond donors (Lipinski definition) is 1. The molecule has 3 rings (SSSR count). The number of amides is 1. The Morgan fingerprint density at radius 1 is 0.857 bits per heavy atom. The van der Waals surface area contributed by atoms with E-state index in [4.69, 9.17) is 5.73 Å². The van der Waals surface area contributed by atoms with Crippen molar-refractivity contribution in [1.82, 2.24) is 4.90 Å². The van der Waals surface area contributed by atoms with Crippen LogP contribution in [0.1, 0.15) is 89.9 Å². The van der Waals surface area contributed by atoms with Crippen LogP contribution in [0.2, 0.25) is 0 Å². The van der Waals surface area contributed by atoms with E-state index in [-0.39, 0.29) is 5.54 Å². The van der Waals surface area contributed by atoms with Crippen LogP contribution in [0.5, 0.6) is 0 Å². The van der Waals surface area contributed by atoms with Gasteiger partial charge in [-0.25, -0.2) is 0 Å². The Balaban J connectivity index is 1.68. The molecule has 0 heterocycles. The molecule has 0 bridgehead atoms. The minimum absolute atomic E-state index is 0.168. The molecule has 3 nitrogen and oxygen atoms in total. The molecule has 0 saturated heterocycles. The number of nitrogens with two attached hydrogens (primary N) is 1. The summed E-state index contributed by atoms with van der Waals surface area (Å²) in [6.07, 6.45) is 16.7. The van der Waals surface area contributed by atoms with Crippen molar-refractivity contribution in [3.05, 3.63) is 0 Å². The third-order valence-electron chi connectivity index (χ3n) is 6.08. The molecule has 0 atom stereocenters. The molecule has 0 aromatic heterocycles. The number of rotatable bonds is 4.